The first-order chi connectivity index (χ1) is 10.9. The van der Waals surface area contributed by atoms with Gasteiger partial charge in [0.05, 0.1) is 10.9 Å². The van der Waals surface area contributed by atoms with Crippen LogP contribution in [-0.4, -0.2) is 16.0 Å². The lowest BCUT2D eigenvalue weighted by atomic mass is 10.0. The highest BCUT2D eigenvalue weighted by Gasteiger charge is 2.30. The van der Waals surface area contributed by atoms with E-state index in [1.807, 2.05) is 18.4 Å². The molecule has 3 nitrogen and oxygen atoms in total. The lowest BCUT2D eigenvalue weighted by Gasteiger charge is -2.16. The summed E-state index contributed by atoms with van der Waals surface area (Å²) in [4.78, 5) is 9.28. The van der Waals surface area contributed by atoms with E-state index in [1.54, 1.807) is 6.07 Å². The van der Waals surface area contributed by atoms with Gasteiger partial charge >= 0.3 is 6.18 Å². The third kappa shape index (κ3) is 3.61. The number of rotatable bonds is 4. The second kappa shape index (κ2) is 6.16. The standard InChI is InChI=1S/C16H14F3N3S/c1-10(7-11-3-2-4-12(8-11)16(17,18)19)22-14-13-5-6-23-15(13)21-9-20-14/h2-6,8-10H,7H2,1H3,(H,20,21,22). The molecule has 2 aromatic heterocycles. The van der Waals surface area contributed by atoms with Crippen molar-refractivity contribution in [2.45, 2.75) is 25.6 Å². The van der Waals surface area contributed by atoms with E-state index in [0.717, 1.165) is 16.3 Å². The van der Waals surface area contributed by atoms with Gasteiger partial charge in [-0.15, -0.1) is 11.3 Å². The number of nitrogens with zero attached hydrogens (tertiary/aromatic N) is 2. The monoisotopic (exact) mass is 337 g/mol. The molecule has 23 heavy (non-hydrogen) atoms. The smallest absolute Gasteiger partial charge is 0.367 e. The maximum atomic E-state index is 12.8. The number of aromatic nitrogens is 2. The molecule has 0 aliphatic carbocycles. The fourth-order valence-corrected chi connectivity index (χ4v) is 3.15. The molecular weight excluding hydrogens is 323 g/mol. The maximum absolute atomic E-state index is 12.8. The van der Waals surface area contributed by atoms with Crippen LogP contribution < -0.4 is 5.32 Å². The number of halogens is 3. The van der Waals surface area contributed by atoms with Gasteiger partial charge in [-0.3, -0.25) is 0 Å². The Morgan fingerprint density at radius 2 is 2.04 bits per heavy atom. The number of nitrogens with one attached hydrogen (secondary N) is 1. The number of benzene rings is 1. The van der Waals surface area contributed by atoms with Crippen LogP contribution in [0.25, 0.3) is 10.2 Å². The van der Waals surface area contributed by atoms with E-state index in [9.17, 15) is 13.2 Å². The van der Waals surface area contributed by atoms with Crippen LogP contribution in [0.2, 0.25) is 0 Å². The average Bonchev–Trinajstić information content (AvgIpc) is 2.96. The fourth-order valence-electron chi connectivity index (χ4n) is 2.42. The Morgan fingerprint density at radius 1 is 1.22 bits per heavy atom. The largest absolute Gasteiger partial charge is 0.416 e. The van der Waals surface area contributed by atoms with Crippen LogP contribution in [0.5, 0.6) is 0 Å². The van der Waals surface area contributed by atoms with Crippen molar-refractivity contribution < 1.29 is 13.2 Å². The van der Waals surface area contributed by atoms with Gasteiger partial charge in [-0.1, -0.05) is 18.2 Å². The van der Waals surface area contributed by atoms with Crippen LogP contribution >= 0.6 is 11.3 Å². The Labute approximate surface area is 135 Å². The number of hydrogen-bond acceptors (Lipinski definition) is 4. The molecule has 1 unspecified atom stereocenters. The molecule has 0 aliphatic rings. The maximum Gasteiger partial charge on any atom is 0.416 e. The van der Waals surface area contributed by atoms with E-state index in [4.69, 9.17) is 0 Å². The van der Waals surface area contributed by atoms with Gasteiger partial charge in [-0.2, -0.15) is 13.2 Å². The van der Waals surface area contributed by atoms with Crippen LogP contribution in [0, 0.1) is 0 Å². The number of hydrogen-bond donors (Lipinski definition) is 1. The van der Waals surface area contributed by atoms with Gasteiger partial charge < -0.3 is 5.32 Å². The predicted molar refractivity (Wildman–Crippen MR) is 85.6 cm³/mol. The van der Waals surface area contributed by atoms with E-state index in [-0.39, 0.29) is 6.04 Å². The summed E-state index contributed by atoms with van der Waals surface area (Å²) in [6, 6.07) is 7.29. The zero-order chi connectivity index (χ0) is 16.4. The Morgan fingerprint density at radius 3 is 2.83 bits per heavy atom. The van der Waals surface area contributed by atoms with E-state index in [0.29, 0.717) is 17.8 Å². The van der Waals surface area contributed by atoms with Crippen LogP contribution in [0.15, 0.2) is 42.0 Å². The first-order valence-electron chi connectivity index (χ1n) is 7.04. The second-order valence-corrected chi connectivity index (χ2v) is 6.20. The molecule has 3 rings (SSSR count). The number of alkyl halides is 3. The van der Waals surface area contributed by atoms with Gasteiger partial charge in [-0.25, -0.2) is 9.97 Å². The first-order valence-corrected chi connectivity index (χ1v) is 7.92. The van der Waals surface area contributed by atoms with Crippen molar-refractivity contribution in [1.29, 1.82) is 0 Å². The molecule has 1 atom stereocenters. The summed E-state index contributed by atoms with van der Waals surface area (Å²) < 4.78 is 38.3. The first kappa shape index (κ1) is 15.7. The summed E-state index contributed by atoms with van der Waals surface area (Å²) in [6.07, 6.45) is -2.36. The van der Waals surface area contributed by atoms with Gasteiger partial charge in [0, 0.05) is 6.04 Å². The highest BCUT2D eigenvalue weighted by Crippen LogP contribution is 2.30. The molecule has 2 heterocycles. The van der Waals surface area contributed by atoms with E-state index < -0.39 is 11.7 Å². The van der Waals surface area contributed by atoms with Gasteiger partial charge in [-0.05, 0) is 36.4 Å². The molecule has 0 saturated heterocycles. The van der Waals surface area contributed by atoms with Gasteiger partial charge in [0.1, 0.15) is 17.0 Å². The average molecular weight is 337 g/mol. The molecule has 0 fully saturated rings. The van der Waals surface area contributed by atoms with Crippen LogP contribution in [-0.2, 0) is 12.6 Å². The minimum atomic E-state index is -4.32. The summed E-state index contributed by atoms with van der Waals surface area (Å²) in [7, 11) is 0. The number of fused-ring (bicyclic) bond motifs is 1. The number of anilines is 1. The Bertz CT molecular complexity index is 813. The third-order valence-electron chi connectivity index (χ3n) is 3.44. The minimum absolute atomic E-state index is 0.0588. The zero-order valence-corrected chi connectivity index (χ0v) is 13.1. The van der Waals surface area contributed by atoms with E-state index >= 15 is 0 Å². The molecule has 1 aromatic carbocycles. The van der Waals surface area contributed by atoms with Gasteiger partial charge in [0.15, 0.2) is 0 Å². The van der Waals surface area contributed by atoms with Crippen molar-refractivity contribution in [1.82, 2.24) is 9.97 Å². The quantitative estimate of drug-likeness (QED) is 0.746. The molecule has 0 saturated carbocycles. The highest BCUT2D eigenvalue weighted by atomic mass is 32.1. The molecule has 7 heteroatoms. The second-order valence-electron chi connectivity index (χ2n) is 5.31. The topological polar surface area (TPSA) is 37.8 Å². The molecule has 0 aliphatic heterocycles. The molecule has 0 amide bonds. The SMILES string of the molecule is CC(Cc1cccc(C(F)(F)F)c1)Nc1ncnc2sccc12. The van der Waals surface area contributed by atoms with Crippen molar-refractivity contribution >= 4 is 27.4 Å². The Kier molecular flexibility index (Phi) is 4.21. The number of thiophene rings is 1. The summed E-state index contributed by atoms with van der Waals surface area (Å²) in [5.74, 6) is 0.704. The molecule has 120 valence electrons. The van der Waals surface area contributed by atoms with Crippen LogP contribution in [0.4, 0.5) is 19.0 Å². The molecule has 0 radical (unpaired) electrons. The fraction of sp³-hybridized carbons (Fsp3) is 0.250. The summed E-state index contributed by atoms with van der Waals surface area (Å²) >= 11 is 1.52. The molecule has 3 aromatic rings. The van der Waals surface area contributed by atoms with Crippen LogP contribution in [0.3, 0.4) is 0 Å². The normalized spacial score (nSPS) is 13.2. The molecule has 0 bridgehead atoms. The summed E-state index contributed by atoms with van der Waals surface area (Å²) in [5.41, 5.74) is 0.0138. The van der Waals surface area contributed by atoms with Gasteiger partial charge in [0.25, 0.3) is 0 Å². The van der Waals surface area contributed by atoms with Crippen LogP contribution in [0.1, 0.15) is 18.1 Å². The lowest BCUT2D eigenvalue weighted by molar-refractivity contribution is -0.137. The van der Waals surface area contributed by atoms with Crippen molar-refractivity contribution in [2.75, 3.05) is 5.32 Å². The van der Waals surface area contributed by atoms with E-state index in [2.05, 4.69) is 15.3 Å². The van der Waals surface area contributed by atoms with E-state index in [1.165, 1.54) is 29.8 Å². The summed E-state index contributed by atoms with van der Waals surface area (Å²) in [5, 5.41) is 6.11. The van der Waals surface area contributed by atoms with Crippen molar-refractivity contribution in [3.05, 3.63) is 53.2 Å². The summed E-state index contributed by atoms with van der Waals surface area (Å²) in [6.45, 7) is 1.92. The zero-order valence-electron chi connectivity index (χ0n) is 12.3. The highest BCUT2D eigenvalue weighted by molar-refractivity contribution is 7.16. The molecule has 0 spiro atoms. The molecule has 1 N–H and O–H groups in total. The lowest BCUT2D eigenvalue weighted by Crippen LogP contribution is -2.19. The minimum Gasteiger partial charge on any atom is -0.367 e. The van der Waals surface area contributed by atoms with Crippen molar-refractivity contribution in [3.8, 4) is 0 Å². The Balaban J connectivity index is 1.75. The predicted octanol–water partition coefficient (Wildman–Crippen LogP) is 4.75. The van der Waals surface area contributed by atoms with Gasteiger partial charge in [0.2, 0.25) is 0 Å². The Hall–Kier alpha value is -2.15. The third-order valence-corrected chi connectivity index (χ3v) is 4.26. The van der Waals surface area contributed by atoms with Crippen molar-refractivity contribution in [3.63, 3.8) is 0 Å². The van der Waals surface area contributed by atoms with Crippen molar-refractivity contribution in [2.24, 2.45) is 0 Å². The molecular formula is C16H14F3N3S.